The molecule has 2 saturated carbocycles. The number of nitrogens with two attached hydrogens (primary N) is 1. The summed E-state index contributed by atoms with van der Waals surface area (Å²) < 4.78 is 0. The smallest absolute Gasteiger partial charge is 0.188 e. The molecule has 0 radical (unpaired) electrons. The lowest BCUT2D eigenvalue weighted by Gasteiger charge is -2.24. The molecular weight excluding hydrogens is 186 g/mol. The number of rotatable bonds is 3. The Morgan fingerprint density at radius 2 is 2.13 bits per heavy atom. The second-order valence-electron chi connectivity index (χ2n) is 5.65. The number of fused-ring (bicyclic) bond motifs is 2. The standard InChI is InChI=1S/C12H23N3/c1-9(2)15-11(13)14-8-12-5-3-10(7-12)4-6-12/h9-10H,3-8H2,1-2H3,(H3,13,14,15). The van der Waals surface area contributed by atoms with Gasteiger partial charge >= 0.3 is 0 Å². The number of aliphatic imine (C=N–C) groups is 1. The van der Waals surface area contributed by atoms with E-state index in [-0.39, 0.29) is 0 Å². The van der Waals surface area contributed by atoms with Crippen molar-refractivity contribution in [3.05, 3.63) is 0 Å². The molecule has 2 aliphatic carbocycles. The largest absolute Gasteiger partial charge is 0.370 e. The number of guanidine groups is 1. The maximum absolute atomic E-state index is 5.82. The van der Waals surface area contributed by atoms with E-state index < -0.39 is 0 Å². The second kappa shape index (κ2) is 4.03. The van der Waals surface area contributed by atoms with Crippen LogP contribution in [0.15, 0.2) is 4.99 Å². The summed E-state index contributed by atoms with van der Waals surface area (Å²) in [5.74, 6) is 1.62. The van der Waals surface area contributed by atoms with E-state index in [0.717, 1.165) is 12.5 Å². The minimum Gasteiger partial charge on any atom is -0.370 e. The Morgan fingerprint density at radius 3 is 2.60 bits per heavy atom. The van der Waals surface area contributed by atoms with Gasteiger partial charge in [-0.15, -0.1) is 0 Å². The molecule has 3 heteroatoms. The fourth-order valence-electron chi connectivity index (χ4n) is 3.13. The van der Waals surface area contributed by atoms with Gasteiger partial charge in [0, 0.05) is 12.6 Å². The molecular formula is C12H23N3. The molecule has 0 spiro atoms. The lowest BCUT2D eigenvalue weighted by molar-refractivity contribution is 0.307. The second-order valence-corrected chi connectivity index (χ2v) is 5.65. The predicted octanol–water partition coefficient (Wildman–Crippen LogP) is 1.88. The highest BCUT2D eigenvalue weighted by molar-refractivity contribution is 5.78. The average Bonchev–Trinajstić information content (AvgIpc) is 2.74. The molecule has 2 bridgehead atoms. The normalized spacial score (nSPS) is 35.1. The molecule has 2 fully saturated rings. The van der Waals surface area contributed by atoms with E-state index >= 15 is 0 Å². The minimum atomic E-state index is 0.381. The van der Waals surface area contributed by atoms with Crippen LogP contribution in [0.3, 0.4) is 0 Å². The van der Waals surface area contributed by atoms with E-state index in [0.29, 0.717) is 17.4 Å². The molecule has 0 aromatic carbocycles. The Bertz CT molecular complexity index is 250. The van der Waals surface area contributed by atoms with E-state index in [9.17, 15) is 0 Å². The summed E-state index contributed by atoms with van der Waals surface area (Å²) in [5.41, 5.74) is 6.34. The van der Waals surface area contributed by atoms with Gasteiger partial charge in [0.05, 0.1) is 0 Å². The van der Waals surface area contributed by atoms with E-state index in [1.54, 1.807) is 0 Å². The number of nitrogens with one attached hydrogen (secondary N) is 1. The number of hydrogen-bond donors (Lipinski definition) is 2. The van der Waals surface area contributed by atoms with Crippen molar-refractivity contribution in [1.29, 1.82) is 0 Å². The fraction of sp³-hybridized carbons (Fsp3) is 0.917. The molecule has 0 aromatic rings. The lowest BCUT2D eigenvalue weighted by Crippen LogP contribution is -2.37. The molecule has 0 heterocycles. The van der Waals surface area contributed by atoms with Crippen molar-refractivity contribution in [2.45, 2.75) is 52.0 Å². The zero-order valence-corrected chi connectivity index (χ0v) is 9.92. The molecule has 2 rings (SSSR count). The van der Waals surface area contributed by atoms with Crippen LogP contribution >= 0.6 is 0 Å². The summed E-state index contributed by atoms with van der Waals surface area (Å²) in [6.07, 6.45) is 6.98. The van der Waals surface area contributed by atoms with Gasteiger partial charge in [-0.3, -0.25) is 4.99 Å². The number of hydrogen-bond acceptors (Lipinski definition) is 1. The summed E-state index contributed by atoms with van der Waals surface area (Å²) in [5, 5.41) is 3.15. The molecule has 86 valence electrons. The highest BCUT2D eigenvalue weighted by Crippen LogP contribution is 2.54. The number of nitrogens with zero attached hydrogens (tertiary/aromatic N) is 1. The van der Waals surface area contributed by atoms with Gasteiger partial charge in [-0.05, 0) is 57.3 Å². The summed E-state index contributed by atoms with van der Waals surface area (Å²) in [6, 6.07) is 0.381. The van der Waals surface area contributed by atoms with Crippen LogP contribution in [-0.4, -0.2) is 18.5 Å². The van der Waals surface area contributed by atoms with Crippen molar-refractivity contribution < 1.29 is 0 Å². The zero-order valence-electron chi connectivity index (χ0n) is 9.92. The maximum Gasteiger partial charge on any atom is 0.188 e. The van der Waals surface area contributed by atoms with Crippen molar-refractivity contribution in [3.63, 3.8) is 0 Å². The summed E-state index contributed by atoms with van der Waals surface area (Å²) in [7, 11) is 0. The Morgan fingerprint density at radius 1 is 1.47 bits per heavy atom. The molecule has 0 saturated heterocycles. The van der Waals surface area contributed by atoms with Crippen LogP contribution in [0.25, 0.3) is 0 Å². The maximum atomic E-state index is 5.82. The first-order valence-electron chi connectivity index (χ1n) is 6.16. The fourth-order valence-corrected chi connectivity index (χ4v) is 3.13. The van der Waals surface area contributed by atoms with Crippen LogP contribution in [0, 0.1) is 11.3 Å². The first-order valence-corrected chi connectivity index (χ1v) is 6.16. The summed E-state index contributed by atoms with van der Waals surface area (Å²) >= 11 is 0. The Balaban J connectivity index is 1.86. The van der Waals surface area contributed by atoms with Gasteiger partial charge in [0.1, 0.15) is 0 Å². The van der Waals surface area contributed by atoms with Crippen molar-refractivity contribution in [2.75, 3.05) is 6.54 Å². The molecule has 0 aliphatic heterocycles. The Kier molecular flexibility index (Phi) is 2.89. The van der Waals surface area contributed by atoms with Gasteiger partial charge in [-0.25, -0.2) is 0 Å². The lowest BCUT2D eigenvalue weighted by atomic mass is 9.84. The molecule has 3 nitrogen and oxygen atoms in total. The van der Waals surface area contributed by atoms with Gasteiger partial charge in [-0.2, -0.15) is 0 Å². The van der Waals surface area contributed by atoms with E-state index in [1.807, 2.05) is 0 Å². The Labute approximate surface area is 92.5 Å². The molecule has 0 aromatic heterocycles. The third-order valence-corrected chi connectivity index (χ3v) is 3.91. The predicted molar refractivity (Wildman–Crippen MR) is 63.8 cm³/mol. The van der Waals surface area contributed by atoms with E-state index in [4.69, 9.17) is 5.73 Å². The van der Waals surface area contributed by atoms with E-state index in [1.165, 1.54) is 32.1 Å². The van der Waals surface area contributed by atoms with Crippen LogP contribution < -0.4 is 11.1 Å². The van der Waals surface area contributed by atoms with Crippen molar-refractivity contribution >= 4 is 5.96 Å². The highest BCUT2D eigenvalue weighted by Gasteiger charge is 2.44. The van der Waals surface area contributed by atoms with Crippen molar-refractivity contribution in [3.8, 4) is 0 Å². The third-order valence-electron chi connectivity index (χ3n) is 3.91. The van der Waals surface area contributed by atoms with Gasteiger partial charge in [0.15, 0.2) is 5.96 Å². The molecule has 0 amide bonds. The molecule has 2 aliphatic rings. The Hall–Kier alpha value is -0.730. The van der Waals surface area contributed by atoms with Crippen LogP contribution in [0.2, 0.25) is 0 Å². The molecule has 3 N–H and O–H groups in total. The van der Waals surface area contributed by atoms with Crippen LogP contribution in [0.5, 0.6) is 0 Å². The zero-order chi connectivity index (χ0) is 10.9. The van der Waals surface area contributed by atoms with Crippen molar-refractivity contribution in [1.82, 2.24) is 5.32 Å². The first-order chi connectivity index (χ1) is 7.10. The molecule has 15 heavy (non-hydrogen) atoms. The highest BCUT2D eigenvalue weighted by atomic mass is 15.1. The van der Waals surface area contributed by atoms with Crippen LogP contribution in [-0.2, 0) is 0 Å². The van der Waals surface area contributed by atoms with Gasteiger partial charge in [0.2, 0.25) is 0 Å². The average molecular weight is 209 g/mol. The van der Waals surface area contributed by atoms with E-state index in [2.05, 4.69) is 24.2 Å². The summed E-state index contributed by atoms with van der Waals surface area (Å²) in [6.45, 7) is 5.11. The van der Waals surface area contributed by atoms with Crippen LogP contribution in [0.1, 0.15) is 46.0 Å². The SMILES string of the molecule is CC(C)NC(N)=NCC12CCC(CC1)C2. The summed E-state index contributed by atoms with van der Waals surface area (Å²) in [4.78, 5) is 4.50. The van der Waals surface area contributed by atoms with Gasteiger partial charge < -0.3 is 11.1 Å². The van der Waals surface area contributed by atoms with Gasteiger partial charge in [0.25, 0.3) is 0 Å². The quantitative estimate of drug-likeness (QED) is 0.551. The molecule has 0 unspecified atom stereocenters. The third kappa shape index (κ3) is 2.44. The van der Waals surface area contributed by atoms with Gasteiger partial charge in [-0.1, -0.05) is 0 Å². The van der Waals surface area contributed by atoms with Crippen molar-refractivity contribution in [2.24, 2.45) is 22.1 Å². The monoisotopic (exact) mass is 209 g/mol. The minimum absolute atomic E-state index is 0.381. The first kappa shape index (κ1) is 10.8. The molecule has 0 atom stereocenters. The topological polar surface area (TPSA) is 50.4 Å². The van der Waals surface area contributed by atoms with Crippen LogP contribution in [0.4, 0.5) is 0 Å².